The molecular weight excluding hydrogens is 259 g/mol. The Bertz CT molecular complexity index is 453. The second kappa shape index (κ2) is 6.33. The molecule has 1 saturated heterocycles. The molecule has 1 aliphatic rings. The van der Waals surface area contributed by atoms with Crippen molar-refractivity contribution in [1.82, 2.24) is 4.90 Å². The van der Waals surface area contributed by atoms with E-state index >= 15 is 0 Å². The van der Waals surface area contributed by atoms with Crippen molar-refractivity contribution in [1.29, 1.82) is 0 Å². The second-order valence-corrected chi connectivity index (χ2v) is 5.45. The van der Waals surface area contributed by atoms with Crippen molar-refractivity contribution in [3.63, 3.8) is 0 Å². The average Bonchev–Trinajstić information content (AvgIpc) is 2.46. The van der Waals surface area contributed by atoms with Gasteiger partial charge in [0.15, 0.2) is 0 Å². The Labute approximate surface area is 118 Å². The van der Waals surface area contributed by atoms with Crippen LogP contribution >= 0.6 is 0 Å². The van der Waals surface area contributed by atoms with E-state index in [1.165, 1.54) is 12.1 Å². The van der Waals surface area contributed by atoms with Gasteiger partial charge >= 0.3 is 0 Å². The number of nitrogens with zero attached hydrogens (tertiary/aromatic N) is 1. The molecule has 1 amide bonds. The fourth-order valence-corrected chi connectivity index (χ4v) is 2.66. The summed E-state index contributed by atoms with van der Waals surface area (Å²) < 4.78 is 12.9. The molecule has 20 heavy (non-hydrogen) atoms. The Kier molecular flexibility index (Phi) is 4.73. The van der Waals surface area contributed by atoms with Gasteiger partial charge in [-0.1, -0.05) is 12.1 Å². The van der Waals surface area contributed by atoms with Crippen molar-refractivity contribution in [3.8, 4) is 0 Å². The van der Waals surface area contributed by atoms with E-state index in [0.717, 1.165) is 18.4 Å². The Morgan fingerprint density at radius 1 is 1.35 bits per heavy atom. The lowest BCUT2D eigenvalue weighted by Gasteiger charge is -2.35. The fourth-order valence-electron chi connectivity index (χ4n) is 2.66. The summed E-state index contributed by atoms with van der Waals surface area (Å²) in [5, 5.41) is 10.3. The standard InChI is InChI=1S/C15H21FN2O2/c1-10(17)15(20)18-8-6-12(7-9-18)14(19)11-2-4-13(16)5-3-11/h2-5,10,12,14,19H,6-9,17H2,1H3/t10-,14-/m1/s1. The van der Waals surface area contributed by atoms with Gasteiger partial charge in [0, 0.05) is 13.1 Å². The SMILES string of the molecule is C[C@@H](N)C(=O)N1CCC([C@H](O)c2ccc(F)cc2)CC1. The number of likely N-dealkylation sites (tertiary alicyclic amines) is 1. The van der Waals surface area contributed by atoms with E-state index < -0.39 is 12.1 Å². The predicted molar refractivity (Wildman–Crippen MR) is 74.3 cm³/mol. The van der Waals surface area contributed by atoms with Gasteiger partial charge in [0.25, 0.3) is 0 Å². The first-order chi connectivity index (χ1) is 9.49. The number of carbonyl (C=O) groups is 1. The van der Waals surface area contributed by atoms with E-state index in [9.17, 15) is 14.3 Å². The molecule has 0 bridgehead atoms. The number of piperidine rings is 1. The van der Waals surface area contributed by atoms with Crippen LogP contribution in [0.5, 0.6) is 0 Å². The molecule has 2 rings (SSSR count). The summed E-state index contributed by atoms with van der Waals surface area (Å²) >= 11 is 0. The van der Waals surface area contributed by atoms with Crippen LogP contribution in [0.4, 0.5) is 4.39 Å². The highest BCUT2D eigenvalue weighted by Crippen LogP contribution is 2.30. The van der Waals surface area contributed by atoms with Crippen LogP contribution in [0, 0.1) is 11.7 Å². The Morgan fingerprint density at radius 2 is 1.90 bits per heavy atom. The molecule has 4 nitrogen and oxygen atoms in total. The third-order valence-corrected chi connectivity index (χ3v) is 3.90. The molecule has 0 spiro atoms. The first-order valence-corrected chi connectivity index (χ1v) is 6.97. The molecule has 110 valence electrons. The van der Waals surface area contributed by atoms with E-state index in [1.807, 2.05) is 0 Å². The molecule has 5 heteroatoms. The van der Waals surface area contributed by atoms with E-state index in [1.54, 1.807) is 24.0 Å². The van der Waals surface area contributed by atoms with Gasteiger partial charge in [0.05, 0.1) is 12.1 Å². The summed E-state index contributed by atoms with van der Waals surface area (Å²) in [4.78, 5) is 13.5. The van der Waals surface area contributed by atoms with Crippen molar-refractivity contribution in [2.24, 2.45) is 11.7 Å². The number of aliphatic hydroxyl groups excluding tert-OH is 1. The lowest BCUT2D eigenvalue weighted by Crippen LogP contribution is -2.46. The first-order valence-electron chi connectivity index (χ1n) is 6.97. The van der Waals surface area contributed by atoms with Crippen molar-refractivity contribution >= 4 is 5.91 Å². The van der Waals surface area contributed by atoms with Gasteiger partial charge in [0.2, 0.25) is 5.91 Å². The maximum Gasteiger partial charge on any atom is 0.239 e. The van der Waals surface area contributed by atoms with E-state index in [-0.39, 0.29) is 17.6 Å². The summed E-state index contributed by atoms with van der Waals surface area (Å²) in [6.45, 7) is 2.91. The molecule has 2 atom stereocenters. The number of benzene rings is 1. The smallest absolute Gasteiger partial charge is 0.239 e. The van der Waals surface area contributed by atoms with Gasteiger partial charge in [-0.15, -0.1) is 0 Å². The fraction of sp³-hybridized carbons (Fsp3) is 0.533. The summed E-state index contributed by atoms with van der Waals surface area (Å²) in [5.74, 6) is -0.254. The molecule has 1 aromatic rings. The van der Waals surface area contributed by atoms with E-state index in [4.69, 9.17) is 5.73 Å². The molecule has 1 heterocycles. The number of hydrogen-bond acceptors (Lipinski definition) is 3. The van der Waals surface area contributed by atoms with E-state index in [0.29, 0.717) is 13.1 Å². The van der Waals surface area contributed by atoms with Crippen LogP contribution in [-0.4, -0.2) is 35.0 Å². The normalized spacial score (nSPS) is 19.7. The number of aliphatic hydroxyl groups is 1. The number of nitrogens with two attached hydrogens (primary N) is 1. The summed E-state index contributed by atoms with van der Waals surface area (Å²) in [5.41, 5.74) is 6.32. The third kappa shape index (κ3) is 3.35. The van der Waals surface area contributed by atoms with Gasteiger partial charge in [0.1, 0.15) is 5.82 Å². The van der Waals surface area contributed by atoms with Crippen molar-refractivity contribution in [3.05, 3.63) is 35.6 Å². The lowest BCUT2D eigenvalue weighted by atomic mass is 9.87. The number of halogens is 1. The minimum absolute atomic E-state index is 0.0419. The highest BCUT2D eigenvalue weighted by atomic mass is 19.1. The van der Waals surface area contributed by atoms with Gasteiger partial charge in [-0.3, -0.25) is 4.79 Å². The molecule has 3 N–H and O–H groups in total. The van der Waals surface area contributed by atoms with Gasteiger partial charge in [-0.05, 0) is 43.4 Å². The van der Waals surface area contributed by atoms with Crippen molar-refractivity contribution < 1.29 is 14.3 Å². The van der Waals surface area contributed by atoms with Crippen LogP contribution in [0.3, 0.4) is 0 Å². The number of amides is 1. The maximum atomic E-state index is 12.9. The maximum absolute atomic E-state index is 12.9. The average molecular weight is 280 g/mol. The van der Waals surface area contributed by atoms with E-state index in [2.05, 4.69) is 0 Å². The molecule has 1 aliphatic heterocycles. The van der Waals surface area contributed by atoms with Crippen LogP contribution in [0.1, 0.15) is 31.4 Å². The summed E-state index contributed by atoms with van der Waals surface area (Å²) in [6.07, 6.45) is 0.858. The predicted octanol–water partition coefficient (Wildman–Crippen LogP) is 1.44. The highest BCUT2D eigenvalue weighted by Gasteiger charge is 2.29. The molecule has 0 unspecified atom stereocenters. The van der Waals surface area contributed by atoms with Crippen molar-refractivity contribution in [2.75, 3.05) is 13.1 Å². The minimum atomic E-state index is -0.608. The molecule has 1 fully saturated rings. The monoisotopic (exact) mass is 280 g/mol. The third-order valence-electron chi connectivity index (χ3n) is 3.90. The zero-order chi connectivity index (χ0) is 14.7. The lowest BCUT2D eigenvalue weighted by molar-refractivity contribution is -0.134. The Morgan fingerprint density at radius 3 is 2.40 bits per heavy atom. The Hall–Kier alpha value is -1.46. The molecular formula is C15H21FN2O2. The van der Waals surface area contributed by atoms with Gasteiger partial charge in [-0.25, -0.2) is 4.39 Å². The first kappa shape index (κ1) is 14.9. The largest absolute Gasteiger partial charge is 0.388 e. The highest BCUT2D eigenvalue weighted by molar-refractivity contribution is 5.81. The van der Waals surface area contributed by atoms with Crippen molar-refractivity contribution in [2.45, 2.75) is 31.9 Å². The van der Waals surface area contributed by atoms with Crippen LogP contribution in [0.15, 0.2) is 24.3 Å². The van der Waals surface area contributed by atoms with Crippen LogP contribution in [0.25, 0.3) is 0 Å². The van der Waals surface area contributed by atoms with Crippen LogP contribution < -0.4 is 5.73 Å². The van der Waals surface area contributed by atoms with Crippen LogP contribution in [-0.2, 0) is 4.79 Å². The number of rotatable bonds is 3. The Balaban J connectivity index is 1.93. The molecule has 0 radical (unpaired) electrons. The van der Waals surface area contributed by atoms with Crippen LogP contribution in [0.2, 0.25) is 0 Å². The summed E-state index contributed by atoms with van der Waals surface area (Å²) in [7, 11) is 0. The topological polar surface area (TPSA) is 66.6 Å². The number of carbonyl (C=O) groups excluding carboxylic acids is 1. The zero-order valence-electron chi connectivity index (χ0n) is 11.6. The number of hydrogen-bond donors (Lipinski definition) is 2. The molecule has 0 aromatic heterocycles. The molecule has 0 aliphatic carbocycles. The van der Waals surface area contributed by atoms with Gasteiger partial charge in [-0.2, -0.15) is 0 Å². The minimum Gasteiger partial charge on any atom is -0.388 e. The molecule has 1 aromatic carbocycles. The van der Waals surface area contributed by atoms with Gasteiger partial charge < -0.3 is 15.7 Å². The second-order valence-electron chi connectivity index (χ2n) is 5.45. The quantitative estimate of drug-likeness (QED) is 0.880. The molecule has 0 saturated carbocycles. The zero-order valence-corrected chi connectivity index (χ0v) is 11.6. The summed E-state index contributed by atoms with van der Waals surface area (Å²) in [6, 6.07) is 5.45.